The van der Waals surface area contributed by atoms with Crippen molar-refractivity contribution in [2.75, 3.05) is 36.5 Å². The van der Waals surface area contributed by atoms with Crippen molar-refractivity contribution in [1.29, 1.82) is 21.0 Å². The molecule has 0 aliphatic carbocycles. The zero-order chi connectivity index (χ0) is 16.7. The number of nitrogens with zero attached hydrogens (tertiary/aromatic N) is 5. The van der Waals surface area contributed by atoms with Crippen LogP contribution in [0.1, 0.15) is 5.56 Å². The summed E-state index contributed by atoms with van der Waals surface area (Å²) in [5.41, 5.74) is 1.27. The monoisotopic (exact) mass is 304 g/mol. The number of morpholine rings is 1. The van der Waals surface area contributed by atoms with Gasteiger partial charge in [-0.05, 0) is 18.2 Å². The van der Waals surface area contributed by atoms with Gasteiger partial charge in [0.1, 0.15) is 30.0 Å². The Kier molecular flexibility index (Phi) is 5.16. The van der Waals surface area contributed by atoms with Crippen LogP contribution in [0.25, 0.3) is 0 Å². The quantitative estimate of drug-likeness (QED) is 0.842. The van der Waals surface area contributed by atoms with Crippen molar-refractivity contribution in [3.8, 4) is 24.3 Å². The van der Waals surface area contributed by atoms with Gasteiger partial charge in [0.25, 0.3) is 0 Å². The first-order valence-corrected chi connectivity index (χ1v) is 6.82. The second kappa shape index (κ2) is 7.48. The third-order valence-electron chi connectivity index (χ3n) is 3.32. The normalized spacial score (nSPS) is 13.0. The van der Waals surface area contributed by atoms with Crippen LogP contribution in [0.4, 0.5) is 11.4 Å². The molecule has 1 aliphatic rings. The van der Waals surface area contributed by atoms with Crippen LogP contribution in [0.2, 0.25) is 0 Å². The standard InChI is InChI=1S/C16H12N6O/c17-8-12-7-14(21-15(11-20)13(9-18)10-19)1-2-16(12)22-3-5-23-6-4-22/h1-2,7,21H,3-6H2. The molecule has 1 saturated heterocycles. The SMILES string of the molecule is N#CC(C#N)=C(C#N)Nc1ccc(N2CCOCC2)c(C#N)c1. The molecular weight excluding hydrogens is 292 g/mol. The molecule has 0 radical (unpaired) electrons. The molecular formula is C16H12N6O. The molecule has 7 nitrogen and oxygen atoms in total. The zero-order valence-electron chi connectivity index (χ0n) is 12.2. The summed E-state index contributed by atoms with van der Waals surface area (Å²) >= 11 is 0. The number of rotatable bonds is 3. The summed E-state index contributed by atoms with van der Waals surface area (Å²) in [5, 5.41) is 38.8. The van der Waals surface area contributed by atoms with Gasteiger partial charge < -0.3 is 15.0 Å². The minimum atomic E-state index is -0.303. The van der Waals surface area contributed by atoms with Crippen LogP contribution in [0.5, 0.6) is 0 Å². The van der Waals surface area contributed by atoms with Crippen LogP contribution < -0.4 is 10.2 Å². The number of nitriles is 4. The van der Waals surface area contributed by atoms with Crippen LogP contribution in [0, 0.1) is 45.3 Å². The summed E-state index contributed by atoms with van der Waals surface area (Å²) in [6.07, 6.45) is 0. The first-order chi connectivity index (χ1) is 11.2. The van der Waals surface area contributed by atoms with E-state index in [4.69, 9.17) is 20.5 Å². The van der Waals surface area contributed by atoms with Crippen molar-refractivity contribution in [2.45, 2.75) is 0 Å². The van der Waals surface area contributed by atoms with E-state index in [1.165, 1.54) is 0 Å². The molecule has 0 saturated carbocycles. The second-order valence-electron chi connectivity index (χ2n) is 4.65. The van der Waals surface area contributed by atoms with Crippen LogP contribution in [-0.4, -0.2) is 26.3 Å². The highest BCUT2D eigenvalue weighted by atomic mass is 16.5. The molecule has 0 amide bonds. The van der Waals surface area contributed by atoms with E-state index in [0.29, 0.717) is 37.6 Å². The molecule has 0 unspecified atom stereocenters. The van der Waals surface area contributed by atoms with E-state index in [1.807, 2.05) is 0 Å². The van der Waals surface area contributed by atoms with Gasteiger partial charge >= 0.3 is 0 Å². The maximum Gasteiger partial charge on any atom is 0.163 e. The largest absolute Gasteiger partial charge is 0.378 e. The summed E-state index contributed by atoms with van der Waals surface area (Å²) in [4.78, 5) is 2.06. The van der Waals surface area contributed by atoms with Gasteiger partial charge in [-0.25, -0.2) is 0 Å². The fourth-order valence-corrected chi connectivity index (χ4v) is 2.21. The van der Waals surface area contributed by atoms with E-state index < -0.39 is 0 Å². The molecule has 1 aromatic rings. The van der Waals surface area contributed by atoms with E-state index in [-0.39, 0.29) is 11.3 Å². The Morgan fingerprint density at radius 1 is 1.04 bits per heavy atom. The number of nitrogens with one attached hydrogen (secondary N) is 1. The maximum absolute atomic E-state index is 9.35. The predicted octanol–water partition coefficient (Wildman–Crippen LogP) is 1.63. The van der Waals surface area contributed by atoms with E-state index in [0.717, 1.165) is 5.69 Å². The van der Waals surface area contributed by atoms with Crippen molar-refractivity contribution >= 4 is 11.4 Å². The van der Waals surface area contributed by atoms with Gasteiger partial charge in [-0.3, -0.25) is 0 Å². The van der Waals surface area contributed by atoms with Crippen molar-refractivity contribution in [3.63, 3.8) is 0 Å². The van der Waals surface area contributed by atoms with Gasteiger partial charge in [-0.2, -0.15) is 21.0 Å². The number of ether oxygens (including phenoxy) is 1. The Morgan fingerprint density at radius 2 is 1.74 bits per heavy atom. The molecule has 2 rings (SSSR count). The molecule has 0 atom stereocenters. The summed E-state index contributed by atoms with van der Waals surface area (Å²) < 4.78 is 5.30. The number of hydrogen-bond acceptors (Lipinski definition) is 7. The second-order valence-corrected chi connectivity index (χ2v) is 4.65. The fraction of sp³-hybridized carbons (Fsp3) is 0.250. The highest BCUT2D eigenvalue weighted by Gasteiger charge is 2.15. The lowest BCUT2D eigenvalue weighted by molar-refractivity contribution is 0.122. The first kappa shape index (κ1) is 15.9. The number of allylic oxidation sites excluding steroid dienone is 2. The van der Waals surface area contributed by atoms with E-state index in [1.54, 1.807) is 36.4 Å². The first-order valence-electron chi connectivity index (χ1n) is 6.82. The smallest absolute Gasteiger partial charge is 0.163 e. The highest BCUT2D eigenvalue weighted by Crippen LogP contribution is 2.25. The summed E-state index contributed by atoms with van der Waals surface area (Å²) in [5.74, 6) is 0. The van der Waals surface area contributed by atoms with Gasteiger partial charge in [0, 0.05) is 18.8 Å². The van der Waals surface area contributed by atoms with Gasteiger partial charge in [0.15, 0.2) is 5.57 Å². The lowest BCUT2D eigenvalue weighted by Gasteiger charge is -2.29. The van der Waals surface area contributed by atoms with E-state index in [9.17, 15) is 5.26 Å². The number of benzene rings is 1. The summed E-state index contributed by atoms with van der Waals surface area (Å²) in [7, 11) is 0. The Hall–Kier alpha value is -3.52. The lowest BCUT2D eigenvalue weighted by Crippen LogP contribution is -2.36. The van der Waals surface area contributed by atoms with E-state index in [2.05, 4.69) is 16.3 Å². The molecule has 1 N–H and O–H groups in total. The van der Waals surface area contributed by atoms with Crippen LogP contribution in [-0.2, 0) is 4.74 Å². The molecule has 112 valence electrons. The zero-order valence-corrected chi connectivity index (χ0v) is 12.2. The molecule has 1 aliphatic heterocycles. The molecule has 1 heterocycles. The van der Waals surface area contributed by atoms with E-state index >= 15 is 0 Å². The van der Waals surface area contributed by atoms with Gasteiger partial charge in [0.05, 0.1) is 24.5 Å². The van der Waals surface area contributed by atoms with Gasteiger partial charge in [0.2, 0.25) is 0 Å². The minimum absolute atomic E-state index is 0.141. The lowest BCUT2D eigenvalue weighted by atomic mass is 10.1. The Bertz CT molecular complexity index is 778. The van der Waals surface area contributed by atoms with Crippen molar-refractivity contribution < 1.29 is 4.74 Å². The summed E-state index contributed by atoms with van der Waals surface area (Å²) in [6.45, 7) is 2.63. The van der Waals surface area contributed by atoms with Crippen LogP contribution in [0.15, 0.2) is 29.5 Å². The minimum Gasteiger partial charge on any atom is -0.378 e. The maximum atomic E-state index is 9.35. The molecule has 0 spiro atoms. The highest BCUT2D eigenvalue weighted by molar-refractivity contribution is 5.68. The third-order valence-corrected chi connectivity index (χ3v) is 3.32. The fourth-order valence-electron chi connectivity index (χ4n) is 2.21. The Morgan fingerprint density at radius 3 is 2.30 bits per heavy atom. The average Bonchev–Trinajstić information content (AvgIpc) is 2.62. The molecule has 1 fully saturated rings. The van der Waals surface area contributed by atoms with Crippen molar-refractivity contribution in [1.82, 2.24) is 0 Å². The molecule has 0 bridgehead atoms. The predicted molar refractivity (Wildman–Crippen MR) is 81.7 cm³/mol. The van der Waals surface area contributed by atoms with Crippen LogP contribution in [0.3, 0.4) is 0 Å². The Labute approximate surface area is 133 Å². The Balaban J connectivity index is 2.32. The molecule has 23 heavy (non-hydrogen) atoms. The van der Waals surface area contributed by atoms with Crippen molar-refractivity contribution in [3.05, 3.63) is 35.0 Å². The number of hydrogen-bond donors (Lipinski definition) is 1. The topological polar surface area (TPSA) is 120 Å². The van der Waals surface area contributed by atoms with Gasteiger partial charge in [-0.15, -0.1) is 0 Å². The van der Waals surface area contributed by atoms with Crippen LogP contribution >= 0.6 is 0 Å². The molecule has 7 heteroatoms. The van der Waals surface area contributed by atoms with Crippen molar-refractivity contribution in [2.24, 2.45) is 0 Å². The molecule has 1 aromatic carbocycles. The summed E-state index contributed by atoms with van der Waals surface area (Å²) in [6, 6.07) is 12.3. The third kappa shape index (κ3) is 3.57. The average molecular weight is 304 g/mol. The number of anilines is 2. The van der Waals surface area contributed by atoms with Gasteiger partial charge in [-0.1, -0.05) is 0 Å². The molecule has 0 aromatic heterocycles.